The van der Waals surface area contributed by atoms with Gasteiger partial charge >= 0.3 is 0 Å². The summed E-state index contributed by atoms with van der Waals surface area (Å²) in [4.78, 5) is 4.70. The summed E-state index contributed by atoms with van der Waals surface area (Å²) in [6.07, 6.45) is 2.62. The van der Waals surface area contributed by atoms with Gasteiger partial charge in [-0.25, -0.2) is 0 Å². The number of hydrogen-bond acceptors (Lipinski definition) is 3. The number of fused-ring (bicyclic) bond motifs is 1. The van der Waals surface area contributed by atoms with Crippen LogP contribution in [0.15, 0.2) is 30.3 Å². The lowest BCUT2D eigenvalue weighted by molar-refractivity contribution is 0.139. The van der Waals surface area contributed by atoms with Gasteiger partial charge in [0.15, 0.2) is 0 Å². The van der Waals surface area contributed by atoms with Crippen molar-refractivity contribution < 1.29 is 5.11 Å². The van der Waals surface area contributed by atoms with Gasteiger partial charge in [0.05, 0.1) is 11.6 Å². The van der Waals surface area contributed by atoms with Gasteiger partial charge in [-0.2, -0.15) is 0 Å². The maximum Gasteiger partial charge on any atom is 0.0963 e. The summed E-state index contributed by atoms with van der Waals surface area (Å²) in [5, 5.41) is 15.1. The van der Waals surface area contributed by atoms with Crippen molar-refractivity contribution >= 4 is 35.7 Å². The largest absolute Gasteiger partial charge is 0.387 e. The molecule has 3 rings (SSSR count). The van der Waals surface area contributed by atoms with Crippen molar-refractivity contribution in [1.29, 1.82) is 0 Å². The van der Waals surface area contributed by atoms with E-state index in [2.05, 4.69) is 30.4 Å². The van der Waals surface area contributed by atoms with Crippen LogP contribution in [0.4, 0.5) is 0 Å². The van der Waals surface area contributed by atoms with Gasteiger partial charge in [-0.05, 0) is 31.9 Å². The van der Waals surface area contributed by atoms with E-state index < -0.39 is 6.10 Å². The first-order chi connectivity index (χ1) is 9.29. The molecule has 2 N–H and O–H groups in total. The van der Waals surface area contributed by atoms with Crippen LogP contribution in [0.25, 0.3) is 10.9 Å². The number of para-hydroxylation sites is 1. The smallest absolute Gasteiger partial charge is 0.0963 e. The molecule has 5 heteroatoms. The Bertz CT molecular complexity index is 585. The Morgan fingerprint density at radius 2 is 2.10 bits per heavy atom. The zero-order valence-corrected chi connectivity index (χ0v) is 13.7. The minimum absolute atomic E-state index is 0. The Morgan fingerprint density at radius 3 is 2.76 bits per heavy atom. The van der Waals surface area contributed by atoms with E-state index in [0.717, 1.165) is 48.0 Å². The average Bonchev–Trinajstić information content (AvgIpc) is 2.99. The highest BCUT2D eigenvalue weighted by Gasteiger charge is 2.25. The Kier molecular flexibility index (Phi) is 6.88. The molecule has 2 atom stereocenters. The van der Waals surface area contributed by atoms with Crippen LogP contribution in [0.1, 0.15) is 37.1 Å². The highest BCUT2D eigenvalue weighted by atomic mass is 35.5. The molecule has 1 saturated heterocycles. The van der Waals surface area contributed by atoms with E-state index in [1.54, 1.807) is 0 Å². The van der Waals surface area contributed by atoms with Crippen LogP contribution in [0.2, 0.25) is 0 Å². The summed E-state index contributed by atoms with van der Waals surface area (Å²) in [7, 11) is 0. The van der Waals surface area contributed by atoms with E-state index in [0.29, 0.717) is 0 Å². The molecule has 1 aliphatic heterocycles. The number of aryl methyl sites for hydroxylation is 1. The summed E-state index contributed by atoms with van der Waals surface area (Å²) in [6, 6.07) is 10.4. The first-order valence-electron chi connectivity index (χ1n) is 7.09. The van der Waals surface area contributed by atoms with Crippen LogP contribution in [-0.4, -0.2) is 22.7 Å². The van der Waals surface area contributed by atoms with Gasteiger partial charge in [-0.3, -0.25) is 4.98 Å². The normalized spacial score (nSPS) is 18.9. The standard InChI is InChI=1S/C16H20N2O.2ClH/c1-2-12-9-8-11-5-3-6-13(15(11)18-12)16(19)14-7-4-10-17-14;;/h3,5-6,8-9,14,16-17,19H,2,4,7,10H2,1H3;2*1H. The molecule has 21 heavy (non-hydrogen) atoms. The summed E-state index contributed by atoms with van der Waals surface area (Å²) >= 11 is 0. The molecule has 0 saturated carbocycles. The number of nitrogens with one attached hydrogen (secondary N) is 1. The third-order valence-electron chi connectivity index (χ3n) is 3.97. The molecular weight excluding hydrogens is 307 g/mol. The van der Waals surface area contributed by atoms with E-state index in [9.17, 15) is 5.11 Å². The van der Waals surface area contributed by atoms with Gasteiger partial charge < -0.3 is 10.4 Å². The fourth-order valence-electron chi connectivity index (χ4n) is 2.84. The third kappa shape index (κ3) is 3.67. The van der Waals surface area contributed by atoms with Crippen molar-refractivity contribution in [2.24, 2.45) is 0 Å². The molecule has 3 nitrogen and oxygen atoms in total. The number of aromatic nitrogens is 1. The van der Waals surface area contributed by atoms with Crippen LogP contribution in [0.5, 0.6) is 0 Å². The average molecular weight is 329 g/mol. The first kappa shape index (κ1) is 18.2. The molecule has 1 aliphatic rings. The van der Waals surface area contributed by atoms with Crippen molar-refractivity contribution in [2.45, 2.75) is 38.3 Å². The SMILES string of the molecule is CCc1ccc2cccc(C(O)C3CCCN3)c2n1.Cl.Cl. The van der Waals surface area contributed by atoms with Crippen molar-refractivity contribution in [3.8, 4) is 0 Å². The number of halogens is 2. The fraction of sp³-hybridized carbons (Fsp3) is 0.438. The number of aliphatic hydroxyl groups excluding tert-OH is 1. The molecule has 0 spiro atoms. The topological polar surface area (TPSA) is 45.1 Å². The molecule has 116 valence electrons. The highest BCUT2D eigenvalue weighted by Crippen LogP contribution is 2.28. The molecule has 0 radical (unpaired) electrons. The van der Waals surface area contributed by atoms with E-state index in [1.807, 2.05) is 12.1 Å². The molecule has 0 amide bonds. The van der Waals surface area contributed by atoms with Crippen LogP contribution in [0.3, 0.4) is 0 Å². The zero-order valence-electron chi connectivity index (χ0n) is 12.1. The summed E-state index contributed by atoms with van der Waals surface area (Å²) < 4.78 is 0. The van der Waals surface area contributed by atoms with Gasteiger partial charge in [0, 0.05) is 22.7 Å². The molecule has 0 bridgehead atoms. The van der Waals surface area contributed by atoms with Gasteiger partial charge in [-0.1, -0.05) is 31.2 Å². The lowest BCUT2D eigenvalue weighted by Gasteiger charge is -2.20. The van der Waals surface area contributed by atoms with Gasteiger partial charge in [0.1, 0.15) is 0 Å². The number of rotatable bonds is 3. The first-order valence-corrected chi connectivity index (χ1v) is 7.09. The molecule has 0 aliphatic carbocycles. The quantitative estimate of drug-likeness (QED) is 0.907. The van der Waals surface area contributed by atoms with Crippen molar-refractivity contribution in [3.63, 3.8) is 0 Å². The Labute approximate surface area is 138 Å². The second-order valence-corrected chi connectivity index (χ2v) is 5.22. The fourth-order valence-corrected chi connectivity index (χ4v) is 2.84. The second-order valence-electron chi connectivity index (χ2n) is 5.22. The number of pyridine rings is 1. The van der Waals surface area contributed by atoms with Crippen LogP contribution >= 0.6 is 24.8 Å². The molecule has 2 heterocycles. The van der Waals surface area contributed by atoms with Crippen molar-refractivity contribution in [1.82, 2.24) is 10.3 Å². The van der Waals surface area contributed by atoms with Crippen LogP contribution in [0, 0.1) is 0 Å². The van der Waals surface area contributed by atoms with E-state index >= 15 is 0 Å². The zero-order chi connectivity index (χ0) is 13.2. The summed E-state index contributed by atoms with van der Waals surface area (Å²) in [5.74, 6) is 0. The lowest BCUT2D eigenvalue weighted by Crippen LogP contribution is -2.28. The van der Waals surface area contributed by atoms with Crippen LogP contribution in [-0.2, 0) is 6.42 Å². The molecule has 1 aromatic carbocycles. The minimum atomic E-state index is -0.467. The van der Waals surface area contributed by atoms with Gasteiger partial charge in [-0.15, -0.1) is 24.8 Å². The van der Waals surface area contributed by atoms with E-state index in [-0.39, 0.29) is 30.9 Å². The van der Waals surface area contributed by atoms with Crippen molar-refractivity contribution in [3.05, 3.63) is 41.6 Å². The van der Waals surface area contributed by atoms with Gasteiger partial charge in [0.25, 0.3) is 0 Å². The second kappa shape index (κ2) is 7.95. The minimum Gasteiger partial charge on any atom is -0.387 e. The Balaban J connectivity index is 0.00000110. The van der Waals surface area contributed by atoms with Crippen LogP contribution < -0.4 is 5.32 Å². The van der Waals surface area contributed by atoms with E-state index in [4.69, 9.17) is 4.98 Å². The third-order valence-corrected chi connectivity index (χ3v) is 3.97. The molecule has 2 unspecified atom stereocenters. The van der Waals surface area contributed by atoms with Crippen molar-refractivity contribution in [2.75, 3.05) is 6.54 Å². The maximum absolute atomic E-state index is 10.6. The molecule has 2 aromatic rings. The van der Waals surface area contributed by atoms with Gasteiger partial charge in [0.2, 0.25) is 0 Å². The lowest BCUT2D eigenvalue weighted by atomic mass is 9.98. The Morgan fingerprint density at radius 1 is 1.29 bits per heavy atom. The molecule has 1 aromatic heterocycles. The Hall–Kier alpha value is -0.870. The predicted molar refractivity (Wildman–Crippen MR) is 91.6 cm³/mol. The number of benzene rings is 1. The highest BCUT2D eigenvalue weighted by molar-refractivity contribution is 5.85. The number of hydrogen-bond donors (Lipinski definition) is 2. The number of nitrogens with zero attached hydrogens (tertiary/aromatic N) is 1. The predicted octanol–water partition coefficient (Wildman–Crippen LogP) is 3.43. The number of aliphatic hydroxyl groups is 1. The maximum atomic E-state index is 10.6. The monoisotopic (exact) mass is 328 g/mol. The summed E-state index contributed by atoms with van der Waals surface area (Å²) in [6.45, 7) is 3.10. The van der Waals surface area contributed by atoms with E-state index in [1.165, 1.54) is 0 Å². The summed E-state index contributed by atoms with van der Waals surface area (Å²) in [5.41, 5.74) is 2.97. The molecule has 1 fully saturated rings. The molecular formula is C16H22Cl2N2O.